The lowest BCUT2D eigenvalue weighted by Gasteiger charge is -2.58. The maximum Gasteiger partial charge on any atom is 0.0827 e. The van der Waals surface area contributed by atoms with Crippen LogP contribution < -0.4 is 5.32 Å². The van der Waals surface area contributed by atoms with Crippen molar-refractivity contribution < 1.29 is 0 Å². The van der Waals surface area contributed by atoms with E-state index in [1.807, 2.05) is 6.34 Å². The fourth-order valence-electron chi connectivity index (χ4n) is 5.33. The van der Waals surface area contributed by atoms with Gasteiger partial charge >= 0.3 is 0 Å². The number of nitrogens with zero attached hydrogens (tertiary/aromatic N) is 1. The molecule has 5 aliphatic rings. The van der Waals surface area contributed by atoms with Gasteiger partial charge in [-0.3, -0.25) is 4.99 Å². The molecule has 4 bridgehead atoms. The second kappa shape index (κ2) is 2.78. The van der Waals surface area contributed by atoms with Crippen molar-refractivity contribution in [2.24, 2.45) is 28.2 Å². The normalized spacial score (nSPS) is 56.0. The van der Waals surface area contributed by atoms with Crippen molar-refractivity contribution in [3.63, 3.8) is 0 Å². The van der Waals surface area contributed by atoms with Crippen molar-refractivity contribution in [2.75, 3.05) is 6.54 Å². The van der Waals surface area contributed by atoms with Gasteiger partial charge in [-0.05, 0) is 61.7 Å². The highest BCUT2D eigenvalue weighted by Crippen LogP contribution is 2.61. The minimum Gasteiger partial charge on any atom is -0.371 e. The zero-order chi connectivity index (χ0) is 9.88. The Bertz CT molecular complexity index is 264. The molecule has 5 rings (SSSR count). The fraction of sp³-hybridized carbons (Fsp3) is 0.923. The number of rotatable bonds is 1. The van der Waals surface area contributed by atoms with Gasteiger partial charge in [0.2, 0.25) is 0 Å². The molecule has 0 aromatic carbocycles. The van der Waals surface area contributed by atoms with Gasteiger partial charge in [0.1, 0.15) is 0 Å². The Kier molecular flexibility index (Phi) is 1.59. The summed E-state index contributed by atoms with van der Waals surface area (Å²) in [5, 5.41) is 3.52. The first-order valence-electron chi connectivity index (χ1n) is 6.58. The first-order valence-corrected chi connectivity index (χ1v) is 6.58. The zero-order valence-corrected chi connectivity index (χ0v) is 9.28. The molecule has 2 heteroatoms. The predicted molar refractivity (Wildman–Crippen MR) is 60.9 cm³/mol. The number of hydrogen-bond donors (Lipinski definition) is 1. The van der Waals surface area contributed by atoms with Crippen LogP contribution in [0.2, 0.25) is 0 Å². The molecule has 1 N–H and O–H groups in total. The quantitative estimate of drug-likeness (QED) is 0.695. The molecule has 1 atom stereocenters. The molecule has 0 aromatic heterocycles. The third kappa shape index (κ3) is 1.14. The Labute approximate surface area is 91.5 Å². The van der Waals surface area contributed by atoms with Gasteiger partial charge in [0.15, 0.2) is 0 Å². The molecule has 4 aliphatic carbocycles. The monoisotopic (exact) mass is 204 g/mol. The predicted octanol–water partition coefficient (Wildman–Crippen LogP) is 2.20. The van der Waals surface area contributed by atoms with E-state index in [2.05, 4.69) is 10.3 Å². The molecule has 4 fully saturated rings. The van der Waals surface area contributed by atoms with Gasteiger partial charge in [0, 0.05) is 0 Å². The van der Waals surface area contributed by atoms with Crippen LogP contribution in [0.4, 0.5) is 0 Å². The molecule has 82 valence electrons. The minimum absolute atomic E-state index is 0.644. The number of hydrogen-bond acceptors (Lipinski definition) is 2. The first-order chi connectivity index (χ1) is 7.34. The van der Waals surface area contributed by atoms with Crippen molar-refractivity contribution in [3.8, 4) is 0 Å². The fourth-order valence-corrected chi connectivity index (χ4v) is 5.33. The smallest absolute Gasteiger partial charge is 0.0827 e. The highest BCUT2D eigenvalue weighted by molar-refractivity contribution is 5.57. The summed E-state index contributed by atoms with van der Waals surface area (Å²) < 4.78 is 0. The molecule has 4 saturated carbocycles. The van der Waals surface area contributed by atoms with E-state index in [0.717, 1.165) is 24.3 Å². The van der Waals surface area contributed by atoms with Gasteiger partial charge in [-0.2, -0.15) is 0 Å². The second-order valence-corrected chi connectivity index (χ2v) is 6.49. The van der Waals surface area contributed by atoms with E-state index in [4.69, 9.17) is 0 Å². The van der Waals surface area contributed by atoms with Gasteiger partial charge in [0.25, 0.3) is 0 Å². The van der Waals surface area contributed by atoms with Gasteiger partial charge in [0.05, 0.1) is 18.9 Å². The van der Waals surface area contributed by atoms with Crippen molar-refractivity contribution in [3.05, 3.63) is 0 Å². The molecule has 0 radical (unpaired) electrons. The van der Waals surface area contributed by atoms with E-state index < -0.39 is 0 Å². The lowest BCUT2D eigenvalue weighted by Crippen LogP contribution is -2.55. The van der Waals surface area contributed by atoms with Crippen LogP contribution in [0.25, 0.3) is 0 Å². The SMILES string of the molecule is C1=NCC(C23CC4CC(CC(C4)C2)C3)N1. The summed E-state index contributed by atoms with van der Waals surface area (Å²) in [7, 11) is 0. The zero-order valence-electron chi connectivity index (χ0n) is 9.28. The number of aliphatic imine (C=N–C) groups is 1. The summed E-state index contributed by atoms with van der Waals surface area (Å²) in [5.74, 6) is 3.20. The second-order valence-electron chi connectivity index (χ2n) is 6.49. The molecule has 0 saturated heterocycles. The molecular weight excluding hydrogens is 184 g/mol. The molecule has 1 aliphatic heterocycles. The van der Waals surface area contributed by atoms with Crippen LogP contribution in [-0.4, -0.2) is 18.9 Å². The standard InChI is InChI=1S/C13H20N2/c1-9-2-11-3-10(1)5-13(4-9,6-11)12-7-14-8-15-12/h8-12H,1-7H2,(H,14,15). The van der Waals surface area contributed by atoms with Crippen LogP contribution in [0.3, 0.4) is 0 Å². The van der Waals surface area contributed by atoms with Gasteiger partial charge < -0.3 is 5.32 Å². The van der Waals surface area contributed by atoms with Crippen molar-refractivity contribution in [2.45, 2.75) is 44.6 Å². The summed E-state index contributed by atoms with van der Waals surface area (Å²) in [6.07, 6.45) is 11.1. The summed E-state index contributed by atoms with van der Waals surface area (Å²) in [6, 6.07) is 0.686. The Balaban J connectivity index is 1.65. The van der Waals surface area contributed by atoms with Crippen LogP contribution in [0, 0.1) is 23.2 Å². The molecule has 2 nitrogen and oxygen atoms in total. The molecular formula is C13H20N2. The highest BCUT2D eigenvalue weighted by atomic mass is 15.1. The Morgan fingerprint density at radius 2 is 1.60 bits per heavy atom. The molecule has 0 spiro atoms. The average Bonchev–Trinajstić information content (AvgIpc) is 2.67. The first kappa shape index (κ1) is 8.60. The van der Waals surface area contributed by atoms with Crippen LogP contribution in [0.15, 0.2) is 4.99 Å². The van der Waals surface area contributed by atoms with Gasteiger partial charge in [-0.15, -0.1) is 0 Å². The maximum absolute atomic E-state index is 4.39. The molecule has 0 aromatic rings. The minimum atomic E-state index is 0.644. The van der Waals surface area contributed by atoms with Gasteiger partial charge in [-0.1, -0.05) is 0 Å². The van der Waals surface area contributed by atoms with E-state index >= 15 is 0 Å². The third-order valence-electron chi connectivity index (χ3n) is 5.48. The number of nitrogens with one attached hydrogen (secondary N) is 1. The summed E-state index contributed by atoms with van der Waals surface area (Å²) in [4.78, 5) is 4.39. The van der Waals surface area contributed by atoms with Crippen LogP contribution in [0.1, 0.15) is 38.5 Å². The van der Waals surface area contributed by atoms with Crippen molar-refractivity contribution >= 4 is 6.34 Å². The largest absolute Gasteiger partial charge is 0.371 e. The van der Waals surface area contributed by atoms with Crippen LogP contribution >= 0.6 is 0 Å². The van der Waals surface area contributed by atoms with Crippen molar-refractivity contribution in [1.29, 1.82) is 0 Å². The topological polar surface area (TPSA) is 24.4 Å². The Morgan fingerprint density at radius 1 is 1.00 bits per heavy atom. The Hall–Kier alpha value is -0.530. The summed E-state index contributed by atoms with van der Waals surface area (Å²) in [6.45, 7) is 1.05. The van der Waals surface area contributed by atoms with E-state index in [-0.39, 0.29) is 0 Å². The summed E-state index contributed by atoms with van der Waals surface area (Å²) >= 11 is 0. The van der Waals surface area contributed by atoms with Crippen LogP contribution in [-0.2, 0) is 0 Å². The van der Waals surface area contributed by atoms with Crippen molar-refractivity contribution in [1.82, 2.24) is 5.32 Å². The third-order valence-corrected chi connectivity index (χ3v) is 5.48. The molecule has 0 amide bonds. The van der Waals surface area contributed by atoms with E-state index in [1.54, 1.807) is 19.3 Å². The van der Waals surface area contributed by atoms with Crippen LogP contribution in [0.5, 0.6) is 0 Å². The Morgan fingerprint density at radius 3 is 2.07 bits per heavy atom. The molecule has 15 heavy (non-hydrogen) atoms. The lowest BCUT2D eigenvalue weighted by molar-refractivity contribution is -0.0672. The van der Waals surface area contributed by atoms with E-state index in [9.17, 15) is 0 Å². The average molecular weight is 204 g/mol. The maximum atomic E-state index is 4.39. The van der Waals surface area contributed by atoms with E-state index in [1.165, 1.54) is 19.3 Å². The molecule has 1 unspecified atom stereocenters. The highest BCUT2D eigenvalue weighted by Gasteiger charge is 2.54. The molecule has 1 heterocycles. The summed E-state index contributed by atoms with van der Waals surface area (Å²) in [5.41, 5.74) is 0.644. The van der Waals surface area contributed by atoms with Gasteiger partial charge in [-0.25, -0.2) is 0 Å². The van der Waals surface area contributed by atoms with E-state index in [0.29, 0.717) is 11.5 Å². The lowest BCUT2D eigenvalue weighted by atomic mass is 9.48.